The van der Waals surface area contributed by atoms with E-state index in [-0.39, 0.29) is 6.04 Å². The minimum Gasteiger partial charge on any atom is -0.326 e. The topological polar surface area (TPSA) is 29.3 Å². The second-order valence-corrected chi connectivity index (χ2v) is 6.68. The molecule has 1 aromatic rings. The van der Waals surface area contributed by atoms with Crippen LogP contribution >= 0.6 is 27.5 Å². The van der Waals surface area contributed by atoms with E-state index < -0.39 is 0 Å². The van der Waals surface area contributed by atoms with E-state index in [0.29, 0.717) is 6.04 Å². The third kappa shape index (κ3) is 2.46. The second kappa shape index (κ2) is 5.12. The lowest BCUT2D eigenvalue weighted by Gasteiger charge is -2.40. The zero-order valence-corrected chi connectivity index (χ0v) is 12.6. The Labute approximate surface area is 122 Å². The van der Waals surface area contributed by atoms with E-state index in [1.165, 1.54) is 31.4 Å². The standard InChI is InChI=1S/C14H18BrClN2/c15-12-6-3-9(16)8-11(12)14-13(17)2-1-7-18(14)10-4-5-10/h3,6,8,10,13-14H,1-2,4-5,7,17H2. The van der Waals surface area contributed by atoms with Crippen LogP contribution in [0, 0.1) is 0 Å². The molecule has 98 valence electrons. The van der Waals surface area contributed by atoms with Gasteiger partial charge < -0.3 is 5.73 Å². The first kappa shape index (κ1) is 12.9. The Morgan fingerprint density at radius 1 is 1.28 bits per heavy atom. The number of hydrogen-bond acceptors (Lipinski definition) is 2. The van der Waals surface area contributed by atoms with E-state index >= 15 is 0 Å². The highest BCUT2D eigenvalue weighted by Gasteiger charge is 2.39. The summed E-state index contributed by atoms with van der Waals surface area (Å²) in [5.74, 6) is 0. The molecular formula is C14H18BrClN2. The van der Waals surface area contributed by atoms with Crippen LogP contribution in [0.5, 0.6) is 0 Å². The number of halogens is 2. The van der Waals surface area contributed by atoms with Crippen molar-refractivity contribution in [3.05, 3.63) is 33.3 Å². The van der Waals surface area contributed by atoms with Crippen LogP contribution in [0.25, 0.3) is 0 Å². The van der Waals surface area contributed by atoms with E-state index in [9.17, 15) is 0 Å². The molecule has 0 amide bonds. The first-order valence-corrected chi connectivity index (χ1v) is 7.80. The highest BCUT2D eigenvalue weighted by molar-refractivity contribution is 9.10. The largest absolute Gasteiger partial charge is 0.326 e. The summed E-state index contributed by atoms with van der Waals surface area (Å²) in [7, 11) is 0. The van der Waals surface area contributed by atoms with Gasteiger partial charge in [0.25, 0.3) is 0 Å². The van der Waals surface area contributed by atoms with Crippen molar-refractivity contribution in [2.45, 2.75) is 43.8 Å². The summed E-state index contributed by atoms with van der Waals surface area (Å²) in [4.78, 5) is 2.59. The summed E-state index contributed by atoms with van der Waals surface area (Å²) in [6.45, 7) is 1.17. The lowest BCUT2D eigenvalue weighted by molar-refractivity contribution is 0.119. The van der Waals surface area contributed by atoms with Gasteiger partial charge in [-0.05, 0) is 56.0 Å². The first-order valence-electron chi connectivity index (χ1n) is 6.63. The first-order chi connectivity index (χ1) is 8.66. The number of rotatable bonds is 2. The second-order valence-electron chi connectivity index (χ2n) is 5.39. The molecule has 2 unspecified atom stereocenters. The van der Waals surface area contributed by atoms with E-state index in [0.717, 1.165) is 22.0 Å². The summed E-state index contributed by atoms with van der Waals surface area (Å²) in [6, 6.07) is 7.30. The maximum Gasteiger partial charge on any atom is 0.0513 e. The Bertz CT molecular complexity index is 447. The van der Waals surface area contributed by atoms with E-state index in [4.69, 9.17) is 17.3 Å². The third-order valence-corrected chi connectivity index (χ3v) is 4.97. The van der Waals surface area contributed by atoms with Crippen LogP contribution in [-0.2, 0) is 0 Å². The molecule has 0 aromatic heterocycles. The molecule has 2 atom stereocenters. The summed E-state index contributed by atoms with van der Waals surface area (Å²) in [5.41, 5.74) is 7.63. The molecule has 0 bridgehead atoms. The van der Waals surface area contributed by atoms with Gasteiger partial charge in [0.1, 0.15) is 0 Å². The van der Waals surface area contributed by atoms with E-state index in [1.807, 2.05) is 12.1 Å². The molecule has 0 spiro atoms. The summed E-state index contributed by atoms with van der Waals surface area (Å²) in [5, 5.41) is 0.793. The van der Waals surface area contributed by atoms with E-state index in [2.05, 4.69) is 26.9 Å². The van der Waals surface area contributed by atoms with Gasteiger partial charge in [0, 0.05) is 21.6 Å². The number of likely N-dealkylation sites (tertiary alicyclic amines) is 1. The van der Waals surface area contributed by atoms with Crippen molar-refractivity contribution < 1.29 is 0 Å². The Hall–Kier alpha value is -0.0900. The Kier molecular flexibility index (Phi) is 3.68. The van der Waals surface area contributed by atoms with Crippen molar-refractivity contribution in [2.75, 3.05) is 6.54 Å². The number of piperidine rings is 1. The Morgan fingerprint density at radius 3 is 2.78 bits per heavy atom. The monoisotopic (exact) mass is 328 g/mol. The molecule has 2 aliphatic rings. The van der Waals surface area contributed by atoms with Crippen molar-refractivity contribution in [3.8, 4) is 0 Å². The number of benzene rings is 1. The molecule has 1 aromatic carbocycles. The number of nitrogens with zero attached hydrogens (tertiary/aromatic N) is 1. The fourth-order valence-electron chi connectivity index (χ4n) is 3.02. The van der Waals surface area contributed by atoms with Crippen molar-refractivity contribution >= 4 is 27.5 Å². The van der Waals surface area contributed by atoms with Gasteiger partial charge >= 0.3 is 0 Å². The van der Waals surface area contributed by atoms with Crippen molar-refractivity contribution in [2.24, 2.45) is 5.73 Å². The van der Waals surface area contributed by atoms with Gasteiger partial charge in [-0.25, -0.2) is 0 Å². The molecule has 1 saturated heterocycles. The third-order valence-electron chi connectivity index (χ3n) is 4.01. The molecule has 1 saturated carbocycles. The van der Waals surface area contributed by atoms with Gasteiger partial charge in [-0.2, -0.15) is 0 Å². The van der Waals surface area contributed by atoms with Crippen molar-refractivity contribution in [1.29, 1.82) is 0 Å². The predicted octanol–water partition coefficient (Wildman–Crippen LogP) is 3.73. The average Bonchev–Trinajstić information content (AvgIpc) is 3.16. The van der Waals surface area contributed by atoms with Crippen molar-refractivity contribution in [3.63, 3.8) is 0 Å². The minimum atomic E-state index is 0.217. The number of nitrogens with two attached hydrogens (primary N) is 1. The van der Waals surface area contributed by atoms with Gasteiger partial charge in [-0.3, -0.25) is 4.90 Å². The lowest BCUT2D eigenvalue weighted by Crippen LogP contribution is -2.46. The van der Waals surface area contributed by atoms with E-state index in [1.54, 1.807) is 0 Å². The van der Waals surface area contributed by atoms with Crippen molar-refractivity contribution in [1.82, 2.24) is 4.90 Å². The zero-order chi connectivity index (χ0) is 12.7. The normalized spacial score (nSPS) is 29.5. The molecule has 18 heavy (non-hydrogen) atoms. The number of hydrogen-bond donors (Lipinski definition) is 1. The summed E-state index contributed by atoms with van der Waals surface area (Å²) < 4.78 is 1.12. The zero-order valence-electron chi connectivity index (χ0n) is 10.3. The quantitative estimate of drug-likeness (QED) is 0.896. The molecule has 2 fully saturated rings. The molecule has 1 heterocycles. The highest BCUT2D eigenvalue weighted by atomic mass is 79.9. The van der Waals surface area contributed by atoms with Gasteiger partial charge in [-0.1, -0.05) is 27.5 Å². The van der Waals surface area contributed by atoms with Crippen LogP contribution in [0.2, 0.25) is 5.02 Å². The molecule has 4 heteroatoms. The maximum absolute atomic E-state index is 6.38. The molecule has 1 aliphatic carbocycles. The predicted molar refractivity (Wildman–Crippen MR) is 78.8 cm³/mol. The van der Waals surface area contributed by atoms with Gasteiger partial charge in [0.2, 0.25) is 0 Å². The SMILES string of the molecule is NC1CCCN(C2CC2)C1c1cc(Cl)ccc1Br. The molecule has 0 radical (unpaired) electrons. The highest BCUT2D eigenvalue weighted by Crippen LogP contribution is 2.41. The van der Waals surface area contributed by atoms with Crippen LogP contribution < -0.4 is 5.73 Å². The van der Waals surface area contributed by atoms with Crippen LogP contribution in [-0.4, -0.2) is 23.5 Å². The van der Waals surface area contributed by atoms with Crippen LogP contribution in [0.3, 0.4) is 0 Å². The summed E-state index contributed by atoms with van der Waals surface area (Å²) in [6.07, 6.45) is 4.96. The van der Waals surface area contributed by atoms with Gasteiger partial charge in [-0.15, -0.1) is 0 Å². The van der Waals surface area contributed by atoms with Gasteiger partial charge in [0.15, 0.2) is 0 Å². The molecule has 3 rings (SSSR count). The van der Waals surface area contributed by atoms with Crippen LogP contribution in [0.15, 0.2) is 22.7 Å². The molecule has 2 nitrogen and oxygen atoms in total. The van der Waals surface area contributed by atoms with Crippen LogP contribution in [0.4, 0.5) is 0 Å². The smallest absolute Gasteiger partial charge is 0.0513 e. The fraction of sp³-hybridized carbons (Fsp3) is 0.571. The Morgan fingerprint density at radius 2 is 2.06 bits per heavy atom. The molecular weight excluding hydrogens is 312 g/mol. The minimum absolute atomic E-state index is 0.217. The molecule has 1 aliphatic heterocycles. The average molecular weight is 330 g/mol. The summed E-state index contributed by atoms with van der Waals surface area (Å²) >= 11 is 9.80. The molecule has 2 N–H and O–H groups in total. The van der Waals surface area contributed by atoms with Crippen LogP contribution in [0.1, 0.15) is 37.3 Å². The maximum atomic E-state index is 6.38. The lowest BCUT2D eigenvalue weighted by atomic mass is 9.91. The van der Waals surface area contributed by atoms with Gasteiger partial charge in [0.05, 0.1) is 6.04 Å². The Balaban J connectivity index is 1.97. The fourth-order valence-corrected chi connectivity index (χ4v) is 3.68.